The van der Waals surface area contributed by atoms with Gasteiger partial charge in [0.15, 0.2) is 5.82 Å². The second-order valence-corrected chi connectivity index (χ2v) is 4.43. The fourth-order valence-corrected chi connectivity index (χ4v) is 1.66. The van der Waals surface area contributed by atoms with Crippen LogP contribution in [0.25, 0.3) is 0 Å². The largest absolute Gasteiger partial charge is 0.304 e. The molecule has 0 atom stereocenters. The summed E-state index contributed by atoms with van der Waals surface area (Å²) in [6.45, 7) is 3.79. The lowest BCUT2D eigenvalue weighted by molar-refractivity contribution is 0.102. The van der Waals surface area contributed by atoms with Gasteiger partial charge in [-0.25, -0.2) is 4.98 Å². The third-order valence-corrected chi connectivity index (χ3v) is 2.87. The van der Waals surface area contributed by atoms with Crippen molar-refractivity contribution in [1.29, 1.82) is 0 Å². The van der Waals surface area contributed by atoms with Crippen molar-refractivity contribution in [3.8, 4) is 0 Å². The van der Waals surface area contributed by atoms with Crippen molar-refractivity contribution < 1.29 is 4.79 Å². The van der Waals surface area contributed by atoms with Gasteiger partial charge in [0, 0.05) is 11.3 Å². The first-order valence-corrected chi connectivity index (χ1v) is 5.82. The minimum atomic E-state index is -0.277. The molecule has 2 heterocycles. The predicted octanol–water partition coefficient (Wildman–Crippen LogP) is 2.44. The first-order valence-electron chi connectivity index (χ1n) is 5.03. The number of hydrogen-bond donors (Lipinski definition) is 2. The van der Waals surface area contributed by atoms with Crippen LogP contribution in [0, 0.1) is 13.8 Å². The predicted molar refractivity (Wildman–Crippen MR) is 68.0 cm³/mol. The van der Waals surface area contributed by atoms with Gasteiger partial charge < -0.3 is 5.32 Å². The average Bonchev–Trinajstić information content (AvgIpc) is 2.61. The van der Waals surface area contributed by atoms with Crippen molar-refractivity contribution >= 4 is 27.7 Å². The lowest BCUT2D eigenvalue weighted by atomic mass is 10.2. The fraction of sp³-hybridized carbons (Fsp3) is 0.182. The zero-order chi connectivity index (χ0) is 12.4. The van der Waals surface area contributed by atoms with E-state index < -0.39 is 0 Å². The van der Waals surface area contributed by atoms with E-state index in [1.54, 1.807) is 18.2 Å². The molecule has 0 radical (unpaired) electrons. The Morgan fingerprint density at radius 2 is 2.18 bits per heavy atom. The molecule has 0 unspecified atom stereocenters. The molecule has 2 aromatic heterocycles. The molecule has 0 aliphatic rings. The van der Waals surface area contributed by atoms with Gasteiger partial charge in [-0.05, 0) is 41.9 Å². The lowest BCUT2D eigenvalue weighted by Gasteiger charge is -2.02. The SMILES string of the molecule is Cc1[nH]nc(NC(=O)c2cccc(Br)n2)c1C. The summed E-state index contributed by atoms with van der Waals surface area (Å²) in [7, 11) is 0. The number of nitrogens with one attached hydrogen (secondary N) is 2. The van der Waals surface area contributed by atoms with Crippen LogP contribution in [0.2, 0.25) is 0 Å². The number of H-pyrrole nitrogens is 1. The number of carbonyl (C=O) groups excluding carboxylic acids is 1. The molecule has 0 saturated carbocycles. The Morgan fingerprint density at radius 3 is 2.76 bits per heavy atom. The molecule has 17 heavy (non-hydrogen) atoms. The number of halogens is 1. The maximum Gasteiger partial charge on any atom is 0.275 e. The van der Waals surface area contributed by atoms with Crippen LogP contribution < -0.4 is 5.32 Å². The molecule has 0 spiro atoms. The number of hydrogen-bond acceptors (Lipinski definition) is 3. The maximum atomic E-state index is 11.9. The number of nitrogens with zero attached hydrogens (tertiary/aromatic N) is 2. The van der Waals surface area contributed by atoms with E-state index in [0.29, 0.717) is 16.1 Å². The summed E-state index contributed by atoms with van der Waals surface area (Å²) in [6, 6.07) is 5.17. The van der Waals surface area contributed by atoms with E-state index in [2.05, 4.69) is 36.4 Å². The highest BCUT2D eigenvalue weighted by atomic mass is 79.9. The standard InChI is InChI=1S/C11H11BrN4O/c1-6-7(2)15-16-10(6)14-11(17)8-4-3-5-9(12)13-8/h3-5H,1-2H3,(H2,14,15,16,17). The Kier molecular flexibility index (Phi) is 3.23. The van der Waals surface area contributed by atoms with Crippen LogP contribution in [0.15, 0.2) is 22.8 Å². The molecule has 6 heteroatoms. The van der Waals surface area contributed by atoms with E-state index in [-0.39, 0.29) is 5.91 Å². The van der Waals surface area contributed by atoms with Crippen molar-refractivity contribution in [3.05, 3.63) is 39.8 Å². The molecule has 0 aliphatic heterocycles. The summed E-state index contributed by atoms with van der Waals surface area (Å²) in [6.07, 6.45) is 0. The van der Waals surface area contributed by atoms with E-state index in [1.807, 2.05) is 13.8 Å². The van der Waals surface area contributed by atoms with Crippen molar-refractivity contribution in [2.24, 2.45) is 0 Å². The molecule has 0 aliphatic carbocycles. The van der Waals surface area contributed by atoms with Crippen LogP contribution in [-0.4, -0.2) is 21.1 Å². The number of carbonyl (C=O) groups is 1. The zero-order valence-electron chi connectivity index (χ0n) is 9.41. The van der Waals surface area contributed by atoms with E-state index in [0.717, 1.165) is 11.3 Å². The van der Waals surface area contributed by atoms with Gasteiger partial charge in [0.2, 0.25) is 0 Å². The third kappa shape index (κ3) is 2.52. The Morgan fingerprint density at radius 1 is 1.41 bits per heavy atom. The van der Waals surface area contributed by atoms with Gasteiger partial charge in [0.25, 0.3) is 5.91 Å². The smallest absolute Gasteiger partial charge is 0.275 e. The van der Waals surface area contributed by atoms with Gasteiger partial charge in [-0.2, -0.15) is 5.10 Å². The second kappa shape index (κ2) is 4.67. The Labute approximate surface area is 107 Å². The van der Waals surface area contributed by atoms with Crippen molar-refractivity contribution in [2.45, 2.75) is 13.8 Å². The lowest BCUT2D eigenvalue weighted by Crippen LogP contribution is -2.14. The summed E-state index contributed by atoms with van der Waals surface area (Å²) < 4.78 is 0.625. The second-order valence-electron chi connectivity index (χ2n) is 3.62. The van der Waals surface area contributed by atoms with Crippen LogP contribution in [0.4, 0.5) is 5.82 Å². The zero-order valence-corrected chi connectivity index (χ0v) is 11.0. The number of anilines is 1. The molecule has 0 fully saturated rings. The average molecular weight is 295 g/mol. The Bertz CT molecular complexity index is 564. The molecule has 0 saturated heterocycles. The first-order chi connectivity index (χ1) is 8.08. The molecular formula is C11H11BrN4O. The number of aryl methyl sites for hydroxylation is 1. The van der Waals surface area contributed by atoms with Crippen molar-refractivity contribution in [2.75, 3.05) is 5.32 Å². The molecule has 88 valence electrons. The minimum Gasteiger partial charge on any atom is -0.304 e. The van der Waals surface area contributed by atoms with Crippen LogP contribution in [0.5, 0.6) is 0 Å². The number of amides is 1. The molecule has 5 nitrogen and oxygen atoms in total. The van der Waals surface area contributed by atoms with Gasteiger partial charge in [0.1, 0.15) is 10.3 Å². The van der Waals surface area contributed by atoms with Crippen LogP contribution in [0.1, 0.15) is 21.7 Å². The van der Waals surface area contributed by atoms with E-state index >= 15 is 0 Å². The maximum absolute atomic E-state index is 11.9. The molecule has 0 aromatic carbocycles. The number of aromatic nitrogens is 3. The summed E-state index contributed by atoms with van der Waals surface area (Å²) in [5, 5.41) is 9.53. The quantitative estimate of drug-likeness (QED) is 0.836. The molecule has 2 N–H and O–H groups in total. The highest BCUT2D eigenvalue weighted by molar-refractivity contribution is 9.10. The van der Waals surface area contributed by atoms with Gasteiger partial charge in [0.05, 0.1) is 0 Å². The third-order valence-electron chi connectivity index (χ3n) is 2.43. The number of pyridine rings is 1. The van der Waals surface area contributed by atoms with E-state index in [1.165, 1.54) is 0 Å². The Hall–Kier alpha value is -1.69. The summed E-state index contributed by atoms with van der Waals surface area (Å²) in [5.41, 5.74) is 2.20. The highest BCUT2D eigenvalue weighted by Crippen LogP contribution is 2.15. The normalized spacial score (nSPS) is 10.3. The van der Waals surface area contributed by atoms with Crippen LogP contribution in [-0.2, 0) is 0 Å². The van der Waals surface area contributed by atoms with Gasteiger partial charge in [-0.3, -0.25) is 9.89 Å². The fourth-order valence-electron chi connectivity index (χ4n) is 1.31. The number of rotatable bonds is 2. The summed E-state index contributed by atoms with van der Waals surface area (Å²) in [5.74, 6) is 0.259. The van der Waals surface area contributed by atoms with Crippen molar-refractivity contribution in [1.82, 2.24) is 15.2 Å². The monoisotopic (exact) mass is 294 g/mol. The van der Waals surface area contributed by atoms with Gasteiger partial charge in [-0.1, -0.05) is 6.07 Å². The van der Waals surface area contributed by atoms with Gasteiger partial charge >= 0.3 is 0 Å². The molecule has 2 rings (SSSR count). The molecule has 0 bridgehead atoms. The van der Waals surface area contributed by atoms with Crippen LogP contribution >= 0.6 is 15.9 Å². The number of aromatic amines is 1. The molecule has 2 aromatic rings. The summed E-state index contributed by atoms with van der Waals surface area (Å²) in [4.78, 5) is 16.0. The summed E-state index contributed by atoms with van der Waals surface area (Å²) >= 11 is 3.22. The minimum absolute atomic E-state index is 0.277. The highest BCUT2D eigenvalue weighted by Gasteiger charge is 2.12. The topological polar surface area (TPSA) is 70.7 Å². The van der Waals surface area contributed by atoms with E-state index in [9.17, 15) is 4.79 Å². The molecular weight excluding hydrogens is 284 g/mol. The molecule has 1 amide bonds. The van der Waals surface area contributed by atoms with Crippen molar-refractivity contribution in [3.63, 3.8) is 0 Å². The van der Waals surface area contributed by atoms with Gasteiger partial charge in [-0.15, -0.1) is 0 Å². The first kappa shape index (κ1) is 11.8. The van der Waals surface area contributed by atoms with Crippen LogP contribution in [0.3, 0.4) is 0 Å². The van der Waals surface area contributed by atoms with E-state index in [4.69, 9.17) is 0 Å². The Balaban J connectivity index is 2.20.